The maximum atomic E-state index is 13.3. The molecule has 0 aliphatic heterocycles. The van der Waals surface area contributed by atoms with Crippen LogP contribution in [-0.2, 0) is 6.54 Å². The van der Waals surface area contributed by atoms with Crippen molar-refractivity contribution in [2.45, 2.75) is 26.3 Å². The molecule has 0 radical (unpaired) electrons. The van der Waals surface area contributed by atoms with Crippen LogP contribution in [0, 0.1) is 12.7 Å². The van der Waals surface area contributed by atoms with Crippen molar-refractivity contribution < 1.29 is 13.2 Å². The smallest absolute Gasteiger partial charge is 0.250 e. The molecule has 154 valence electrons. The fraction of sp³-hybridized carbons (Fsp3) is 0.286. The lowest BCUT2D eigenvalue weighted by atomic mass is 10.1. The van der Waals surface area contributed by atoms with E-state index in [1.165, 1.54) is 23.5 Å². The number of benzene rings is 2. The van der Waals surface area contributed by atoms with Crippen LogP contribution in [0.1, 0.15) is 12.0 Å². The molecule has 0 saturated carbocycles. The number of rotatable bonds is 8. The fourth-order valence-electron chi connectivity index (χ4n) is 2.91. The maximum absolute atomic E-state index is 13.3. The molecule has 3 rings (SSSR count). The Morgan fingerprint density at radius 3 is 2.62 bits per heavy atom. The molecule has 0 fully saturated rings. The number of alkyl halides is 2. The van der Waals surface area contributed by atoms with E-state index in [0.29, 0.717) is 24.5 Å². The highest BCUT2D eigenvalue weighted by atomic mass is 35.5. The van der Waals surface area contributed by atoms with Crippen molar-refractivity contribution in [2.75, 3.05) is 13.1 Å². The average Bonchev–Trinajstić information content (AvgIpc) is 3.06. The number of hydrogen-bond donors (Lipinski definition) is 1. The second-order valence-corrected chi connectivity index (χ2v) is 7.83. The van der Waals surface area contributed by atoms with Gasteiger partial charge in [0.2, 0.25) is 0 Å². The Morgan fingerprint density at radius 1 is 1.17 bits per heavy atom. The van der Waals surface area contributed by atoms with Crippen LogP contribution in [0.5, 0.6) is 0 Å². The summed E-state index contributed by atoms with van der Waals surface area (Å²) in [5, 5.41) is 5.37. The van der Waals surface area contributed by atoms with E-state index in [9.17, 15) is 13.2 Å². The number of thiazole rings is 1. The molecular weight excluding hydrogens is 419 g/mol. The Labute approximate surface area is 176 Å². The summed E-state index contributed by atoms with van der Waals surface area (Å²) in [6, 6.07) is 11.8. The quantitative estimate of drug-likeness (QED) is 0.442. The second kappa shape index (κ2) is 10.1. The highest BCUT2D eigenvalue weighted by Gasteiger charge is 2.09. The lowest BCUT2D eigenvalue weighted by Crippen LogP contribution is -2.24. The number of aromatic nitrogens is 1. The molecule has 0 spiro atoms. The van der Waals surface area contributed by atoms with Crippen molar-refractivity contribution in [3.05, 3.63) is 69.0 Å². The monoisotopic (exact) mass is 439 g/mol. The van der Waals surface area contributed by atoms with Crippen LogP contribution in [0.2, 0.25) is 5.02 Å². The van der Waals surface area contributed by atoms with Crippen molar-refractivity contribution in [1.82, 2.24) is 9.88 Å². The zero-order valence-electron chi connectivity index (χ0n) is 15.8. The minimum Gasteiger partial charge on any atom is -0.316 e. The summed E-state index contributed by atoms with van der Waals surface area (Å²) in [5.41, 5.74) is 3.55. The molecule has 1 aromatic heterocycles. The zero-order valence-corrected chi connectivity index (χ0v) is 17.4. The predicted molar refractivity (Wildman–Crippen MR) is 113 cm³/mol. The van der Waals surface area contributed by atoms with E-state index in [2.05, 4.69) is 5.32 Å². The first kappa shape index (κ1) is 21.6. The number of halogens is 4. The summed E-state index contributed by atoms with van der Waals surface area (Å²) < 4.78 is 40.0. The molecule has 0 aliphatic rings. The fourth-order valence-corrected chi connectivity index (χ4v) is 4.08. The Morgan fingerprint density at radius 2 is 1.93 bits per heavy atom. The van der Waals surface area contributed by atoms with Gasteiger partial charge in [-0.15, -0.1) is 11.3 Å². The summed E-state index contributed by atoms with van der Waals surface area (Å²) in [5.74, 6) is -0.298. The van der Waals surface area contributed by atoms with Crippen molar-refractivity contribution >= 4 is 28.6 Å². The van der Waals surface area contributed by atoms with Crippen LogP contribution in [0.3, 0.4) is 0 Å². The third-order valence-corrected chi connectivity index (χ3v) is 5.45. The van der Waals surface area contributed by atoms with Crippen LogP contribution in [0.25, 0.3) is 11.3 Å². The van der Waals surface area contributed by atoms with Gasteiger partial charge in [-0.05, 0) is 73.5 Å². The number of nitrogens with zero attached hydrogens (tertiary/aromatic N) is 2. The SMILES string of the molecule is Cc1cc(Cl)ccc1N=c1scc(-c2ccc(F)cc2)n1CCCNCC(F)F. The Bertz CT molecular complexity index is 1010. The molecule has 0 aliphatic carbocycles. The van der Waals surface area contributed by atoms with Crippen molar-refractivity contribution in [3.63, 3.8) is 0 Å². The second-order valence-electron chi connectivity index (χ2n) is 6.55. The molecule has 0 amide bonds. The topological polar surface area (TPSA) is 29.3 Å². The third-order valence-electron chi connectivity index (χ3n) is 4.35. The summed E-state index contributed by atoms with van der Waals surface area (Å²) in [6.45, 7) is 2.69. The molecule has 3 aromatic rings. The summed E-state index contributed by atoms with van der Waals surface area (Å²) in [6.07, 6.45) is -1.71. The van der Waals surface area contributed by atoms with E-state index in [1.54, 1.807) is 18.2 Å². The van der Waals surface area contributed by atoms with E-state index < -0.39 is 6.43 Å². The number of aryl methyl sites for hydroxylation is 1. The molecule has 8 heteroatoms. The van der Waals surface area contributed by atoms with Gasteiger partial charge in [-0.1, -0.05) is 11.6 Å². The molecule has 0 unspecified atom stereocenters. The molecule has 3 nitrogen and oxygen atoms in total. The minimum absolute atomic E-state index is 0.298. The van der Waals surface area contributed by atoms with Gasteiger partial charge in [0.1, 0.15) is 5.82 Å². The van der Waals surface area contributed by atoms with Crippen molar-refractivity contribution in [2.24, 2.45) is 4.99 Å². The summed E-state index contributed by atoms with van der Waals surface area (Å²) in [4.78, 5) is 5.56. The van der Waals surface area contributed by atoms with Gasteiger partial charge in [0.25, 0.3) is 6.43 Å². The molecule has 2 aromatic carbocycles. The molecule has 1 N–H and O–H groups in total. The standard InChI is InChI=1S/C21H21ClF3N3S/c1-14-11-16(22)5-8-18(14)27-21-28(10-2-9-26-12-20(24)25)19(13-29-21)15-3-6-17(23)7-4-15/h3-8,11,13,20,26H,2,9-10,12H2,1H3. The van der Waals surface area contributed by atoms with Crippen LogP contribution in [0.4, 0.5) is 18.9 Å². The van der Waals surface area contributed by atoms with Gasteiger partial charge in [0.05, 0.1) is 17.9 Å². The molecule has 0 bridgehead atoms. The first-order valence-corrected chi connectivity index (χ1v) is 10.4. The first-order chi connectivity index (χ1) is 13.9. The summed E-state index contributed by atoms with van der Waals surface area (Å²) >= 11 is 7.51. The molecule has 29 heavy (non-hydrogen) atoms. The van der Waals surface area contributed by atoms with Gasteiger partial charge in [-0.2, -0.15) is 0 Å². The molecular formula is C21H21ClF3N3S. The van der Waals surface area contributed by atoms with E-state index in [-0.39, 0.29) is 12.4 Å². The van der Waals surface area contributed by atoms with Gasteiger partial charge < -0.3 is 9.88 Å². The van der Waals surface area contributed by atoms with Gasteiger partial charge in [0, 0.05) is 16.9 Å². The molecule has 0 saturated heterocycles. The van der Waals surface area contributed by atoms with E-state index in [1.807, 2.05) is 29.0 Å². The molecule has 1 heterocycles. The molecule has 0 atom stereocenters. The van der Waals surface area contributed by atoms with Crippen LogP contribution in [-0.4, -0.2) is 24.1 Å². The first-order valence-electron chi connectivity index (χ1n) is 9.18. The van der Waals surface area contributed by atoms with Crippen LogP contribution in [0.15, 0.2) is 52.8 Å². The van der Waals surface area contributed by atoms with Crippen LogP contribution < -0.4 is 10.1 Å². The summed E-state index contributed by atoms with van der Waals surface area (Å²) in [7, 11) is 0. The number of nitrogens with one attached hydrogen (secondary N) is 1. The Kier molecular flexibility index (Phi) is 7.52. The highest BCUT2D eigenvalue weighted by molar-refractivity contribution is 7.07. The Hall–Kier alpha value is -2.09. The van der Waals surface area contributed by atoms with Crippen molar-refractivity contribution in [1.29, 1.82) is 0 Å². The normalized spacial score (nSPS) is 12.1. The van der Waals surface area contributed by atoms with E-state index in [4.69, 9.17) is 16.6 Å². The minimum atomic E-state index is -2.36. The maximum Gasteiger partial charge on any atom is 0.250 e. The van der Waals surface area contributed by atoms with E-state index >= 15 is 0 Å². The lowest BCUT2D eigenvalue weighted by Gasteiger charge is -2.10. The van der Waals surface area contributed by atoms with Gasteiger partial charge >= 0.3 is 0 Å². The van der Waals surface area contributed by atoms with Gasteiger partial charge in [-0.25, -0.2) is 18.2 Å². The number of hydrogen-bond acceptors (Lipinski definition) is 3. The third kappa shape index (κ3) is 5.95. The largest absolute Gasteiger partial charge is 0.316 e. The zero-order chi connectivity index (χ0) is 20.8. The van der Waals surface area contributed by atoms with Gasteiger partial charge in [0.15, 0.2) is 4.80 Å². The predicted octanol–water partition coefficient (Wildman–Crippen LogP) is 5.79. The average molecular weight is 440 g/mol. The van der Waals surface area contributed by atoms with Gasteiger partial charge in [-0.3, -0.25) is 0 Å². The highest BCUT2D eigenvalue weighted by Crippen LogP contribution is 2.24. The van der Waals surface area contributed by atoms with Crippen LogP contribution >= 0.6 is 22.9 Å². The van der Waals surface area contributed by atoms with Crippen molar-refractivity contribution in [3.8, 4) is 11.3 Å². The lowest BCUT2D eigenvalue weighted by molar-refractivity contribution is 0.146. The van der Waals surface area contributed by atoms with E-state index in [0.717, 1.165) is 27.3 Å². The Balaban J connectivity index is 1.93.